The predicted octanol–water partition coefficient (Wildman–Crippen LogP) is 0.473. The summed E-state index contributed by atoms with van der Waals surface area (Å²) in [5.41, 5.74) is 0.377. The summed E-state index contributed by atoms with van der Waals surface area (Å²) in [6.45, 7) is 0.421. The van der Waals surface area contributed by atoms with Gasteiger partial charge in [-0.25, -0.2) is 4.79 Å². The van der Waals surface area contributed by atoms with E-state index >= 15 is 0 Å². The molecule has 1 aromatic heterocycles. The highest BCUT2D eigenvalue weighted by atomic mass is 16.5. The standard InChI is InChI=1S/C19H23N3O5/c1-21-12-14(18(24)22(2)19(21)25)6-8-17(23)20-10-9-13-5-7-15(26-3)16(11-13)27-4/h5-8,11-12H,9-10H2,1-4H3,(H,20,23)/b8-6+. The Balaban J connectivity index is 1.96. The minimum absolute atomic E-state index is 0.259. The van der Waals surface area contributed by atoms with Gasteiger partial charge in [0.05, 0.1) is 19.8 Å². The average Bonchev–Trinajstić information content (AvgIpc) is 2.67. The van der Waals surface area contributed by atoms with E-state index in [2.05, 4.69) is 5.32 Å². The lowest BCUT2D eigenvalue weighted by molar-refractivity contribution is -0.116. The molecule has 0 unspecified atom stereocenters. The van der Waals surface area contributed by atoms with Gasteiger partial charge in [-0.3, -0.25) is 14.2 Å². The molecule has 8 heteroatoms. The smallest absolute Gasteiger partial charge is 0.330 e. The number of carbonyl (C=O) groups is 1. The summed E-state index contributed by atoms with van der Waals surface area (Å²) >= 11 is 0. The van der Waals surface area contributed by atoms with E-state index in [1.807, 2.05) is 18.2 Å². The molecule has 0 radical (unpaired) electrons. The minimum atomic E-state index is -0.451. The number of nitrogens with zero attached hydrogens (tertiary/aromatic N) is 2. The van der Waals surface area contributed by atoms with Gasteiger partial charge in [0, 0.05) is 32.9 Å². The molecule has 27 heavy (non-hydrogen) atoms. The minimum Gasteiger partial charge on any atom is -0.493 e. The Hall–Kier alpha value is -3.29. The van der Waals surface area contributed by atoms with Gasteiger partial charge in [-0.05, 0) is 30.2 Å². The molecule has 8 nitrogen and oxygen atoms in total. The molecule has 0 spiro atoms. The van der Waals surface area contributed by atoms with Crippen LogP contribution in [0.25, 0.3) is 6.08 Å². The van der Waals surface area contributed by atoms with Crippen molar-refractivity contribution in [1.82, 2.24) is 14.5 Å². The monoisotopic (exact) mass is 373 g/mol. The van der Waals surface area contributed by atoms with Crippen molar-refractivity contribution in [2.24, 2.45) is 14.1 Å². The van der Waals surface area contributed by atoms with Crippen LogP contribution in [-0.4, -0.2) is 35.8 Å². The van der Waals surface area contributed by atoms with Gasteiger partial charge in [0.1, 0.15) is 0 Å². The summed E-state index contributed by atoms with van der Waals surface area (Å²) in [7, 11) is 6.08. The first-order valence-electron chi connectivity index (χ1n) is 8.31. The lowest BCUT2D eigenvalue weighted by Gasteiger charge is -2.09. The largest absolute Gasteiger partial charge is 0.493 e. The summed E-state index contributed by atoms with van der Waals surface area (Å²) in [5.74, 6) is 0.949. The van der Waals surface area contributed by atoms with Crippen molar-refractivity contribution >= 4 is 12.0 Å². The Morgan fingerprint density at radius 2 is 1.85 bits per heavy atom. The number of benzene rings is 1. The molecule has 0 atom stereocenters. The number of methoxy groups -OCH3 is 2. The van der Waals surface area contributed by atoms with Crippen LogP contribution in [-0.2, 0) is 25.3 Å². The lowest BCUT2D eigenvalue weighted by Crippen LogP contribution is -2.37. The number of ether oxygens (including phenoxy) is 2. The van der Waals surface area contributed by atoms with E-state index < -0.39 is 11.2 Å². The predicted molar refractivity (Wildman–Crippen MR) is 102 cm³/mol. The van der Waals surface area contributed by atoms with Crippen molar-refractivity contribution in [2.45, 2.75) is 6.42 Å². The molecule has 144 valence electrons. The molecule has 1 N–H and O–H groups in total. The third-order valence-corrected chi connectivity index (χ3v) is 4.05. The second-order valence-corrected chi connectivity index (χ2v) is 5.91. The third kappa shape index (κ3) is 4.87. The van der Waals surface area contributed by atoms with E-state index in [9.17, 15) is 14.4 Å². The Labute approximate surface area is 156 Å². The Morgan fingerprint density at radius 3 is 2.52 bits per heavy atom. The first kappa shape index (κ1) is 20.0. The number of hydrogen-bond acceptors (Lipinski definition) is 5. The van der Waals surface area contributed by atoms with Gasteiger partial charge < -0.3 is 19.4 Å². The van der Waals surface area contributed by atoms with Crippen molar-refractivity contribution < 1.29 is 14.3 Å². The van der Waals surface area contributed by atoms with Crippen LogP contribution in [0.4, 0.5) is 0 Å². The molecule has 0 saturated carbocycles. The van der Waals surface area contributed by atoms with Gasteiger partial charge in [0.15, 0.2) is 11.5 Å². The van der Waals surface area contributed by atoms with E-state index in [0.29, 0.717) is 24.5 Å². The second kappa shape index (κ2) is 8.88. The van der Waals surface area contributed by atoms with E-state index in [4.69, 9.17) is 9.47 Å². The Morgan fingerprint density at radius 1 is 1.15 bits per heavy atom. The van der Waals surface area contributed by atoms with Crippen molar-refractivity contribution in [3.8, 4) is 11.5 Å². The molecule has 0 fully saturated rings. The van der Waals surface area contributed by atoms with E-state index in [1.54, 1.807) is 21.3 Å². The summed E-state index contributed by atoms with van der Waals surface area (Å²) in [4.78, 5) is 35.6. The summed E-state index contributed by atoms with van der Waals surface area (Å²) in [6, 6.07) is 5.57. The molecular weight excluding hydrogens is 350 g/mol. The van der Waals surface area contributed by atoms with Gasteiger partial charge in [0.25, 0.3) is 5.56 Å². The molecule has 1 amide bonds. The van der Waals surface area contributed by atoms with Crippen LogP contribution in [0.15, 0.2) is 40.1 Å². The molecular formula is C19H23N3O5. The fourth-order valence-electron chi connectivity index (χ4n) is 2.54. The molecule has 0 aliphatic carbocycles. The maximum atomic E-state index is 12.0. The van der Waals surface area contributed by atoms with Crippen LogP contribution in [0.5, 0.6) is 11.5 Å². The molecule has 0 aliphatic heterocycles. The van der Waals surface area contributed by atoms with Crippen LogP contribution >= 0.6 is 0 Å². The molecule has 0 saturated heterocycles. The van der Waals surface area contributed by atoms with E-state index in [0.717, 1.165) is 10.1 Å². The highest BCUT2D eigenvalue weighted by Crippen LogP contribution is 2.27. The van der Waals surface area contributed by atoms with Crippen molar-refractivity contribution in [2.75, 3.05) is 20.8 Å². The maximum absolute atomic E-state index is 12.0. The lowest BCUT2D eigenvalue weighted by atomic mass is 10.1. The van der Waals surface area contributed by atoms with Crippen molar-refractivity contribution in [3.05, 3.63) is 62.4 Å². The Kier molecular flexibility index (Phi) is 6.59. The first-order valence-corrected chi connectivity index (χ1v) is 8.31. The van der Waals surface area contributed by atoms with E-state index in [1.165, 1.54) is 30.0 Å². The summed E-state index contributed by atoms with van der Waals surface area (Å²) in [6.07, 6.45) is 4.68. The number of rotatable bonds is 7. The number of nitrogens with one attached hydrogen (secondary N) is 1. The highest BCUT2D eigenvalue weighted by molar-refractivity contribution is 5.91. The SMILES string of the molecule is COc1ccc(CCNC(=O)/C=C/c2cn(C)c(=O)n(C)c2=O)cc1OC. The fourth-order valence-corrected chi connectivity index (χ4v) is 2.54. The molecule has 1 aromatic carbocycles. The van der Waals surface area contributed by atoms with Crippen LogP contribution in [0.1, 0.15) is 11.1 Å². The van der Waals surface area contributed by atoms with Crippen LogP contribution in [0, 0.1) is 0 Å². The van der Waals surface area contributed by atoms with Crippen LogP contribution in [0.3, 0.4) is 0 Å². The highest BCUT2D eigenvalue weighted by Gasteiger charge is 2.06. The molecule has 0 aliphatic rings. The normalized spacial score (nSPS) is 10.8. The van der Waals surface area contributed by atoms with Gasteiger partial charge in [-0.1, -0.05) is 6.07 Å². The quantitative estimate of drug-likeness (QED) is 0.713. The molecule has 0 bridgehead atoms. The zero-order valence-electron chi connectivity index (χ0n) is 15.8. The number of amides is 1. The zero-order chi connectivity index (χ0) is 20.0. The number of carbonyl (C=O) groups excluding carboxylic acids is 1. The van der Waals surface area contributed by atoms with Crippen LogP contribution in [0.2, 0.25) is 0 Å². The summed E-state index contributed by atoms with van der Waals surface area (Å²) < 4.78 is 12.7. The van der Waals surface area contributed by atoms with Gasteiger partial charge in [0.2, 0.25) is 5.91 Å². The average molecular weight is 373 g/mol. The third-order valence-electron chi connectivity index (χ3n) is 4.05. The molecule has 2 rings (SSSR count). The second-order valence-electron chi connectivity index (χ2n) is 5.91. The number of hydrogen-bond donors (Lipinski definition) is 1. The first-order chi connectivity index (χ1) is 12.9. The molecule has 1 heterocycles. The zero-order valence-corrected chi connectivity index (χ0v) is 15.8. The maximum Gasteiger partial charge on any atom is 0.330 e. The van der Waals surface area contributed by atoms with Crippen LogP contribution < -0.4 is 26.0 Å². The Bertz CT molecular complexity index is 972. The number of aromatic nitrogens is 2. The fraction of sp³-hybridized carbons (Fsp3) is 0.316. The van der Waals surface area contributed by atoms with Gasteiger partial charge in [-0.2, -0.15) is 0 Å². The van der Waals surface area contributed by atoms with Crippen molar-refractivity contribution in [3.63, 3.8) is 0 Å². The van der Waals surface area contributed by atoms with Crippen molar-refractivity contribution in [1.29, 1.82) is 0 Å². The summed E-state index contributed by atoms with van der Waals surface area (Å²) in [5, 5.41) is 2.75. The topological polar surface area (TPSA) is 91.6 Å². The molecule has 2 aromatic rings. The number of aryl methyl sites for hydroxylation is 1. The van der Waals surface area contributed by atoms with Gasteiger partial charge >= 0.3 is 5.69 Å². The van der Waals surface area contributed by atoms with E-state index in [-0.39, 0.29) is 11.5 Å². The van der Waals surface area contributed by atoms with Gasteiger partial charge in [-0.15, -0.1) is 0 Å².